The summed E-state index contributed by atoms with van der Waals surface area (Å²) in [5.74, 6) is 5.80. The van der Waals surface area contributed by atoms with Crippen LogP contribution in [0.1, 0.15) is 297 Å². The first-order valence-electron chi connectivity index (χ1n) is 41.1. The van der Waals surface area contributed by atoms with E-state index in [1.165, 1.54) is 7.40 Å². The molecule has 0 amide bonds. The van der Waals surface area contributed by atoms with Crippen molar-refractivity contribution in [3.8, 4) is 0 Å². The molecule has 0 radical (unpaired) electrons. The molecular formula is C94H135N13O11. The van der Waals surface area contributed by atoms with Crippen LogP contribution in [0.3, 0.4) is 0 Å². The number of fused-ring (bicyclic) bond motifs is 16. The molecule has 6 aromatic heterocycles. The minimum absolute atomic E-state index is 0. The fraction of sp³-hybridized carbons (Fsp3) is 0.649. The van der Waals surface area contributed by atoms with E-state index in [1.54, 1.807) is 57.1 Å². The lowest BCUT2D eigenvalue weighted by molar-refractivity contribution is -0.138. The van der Waals surface area contributed by atoms with Gasteiger partial charge in [-0.25, -0.2) is 36.3 Å². The van der Waals surface area contributed by atoms with Gasteiger partial charge >= 0.3 is 0 Å². The van der Waals surface area contributed by atoms with E-state index < -0.39 is 38.5 Å². The van der Waals surface area contributed by atoms with Crippen molar-refractivity contribution in [2.24, 2.45) is 86.5 Å². The number of aliphatic hydroxyl groups is 1. The predicted octanol–water partition coefficient (Wildman–Crippen LogP) is 14.8. The Labute approximate surface area is 700 Å². The zero-order chi connectivity index (χ0) is 85.6. The molecule has 6 heterocycles. The van der Waals surface area contributed by atoms with Gasteiger partial charge < -0.3 is 19.3 Å². The molecule has 0 spiro atoms. The average Bonchev–Trinajstić information content (AvgIpc) is 1.30. The molecule has 3 saturated carbocycles. The molecule has 1 unspecified atom stereocenters. The summed E-state index contributed by atoms with van der Waals surface area (Å²) in [6, 6.07) is -0.636. The molecule has 6 aromatic rings. The number of carbonyl (C=O) groups excluding carboxylic acids is 4. The van der Waals surface area contributed by atoms with Crippen LogP contribution in [0.5, 0.6) is 0 Å². The first-order chi connectivity index (χ1) is 53.4. The van der Waals surface area contributed by atoms with Crippen molar-refractivity contribution in [1.29, 1.82) is 0 Å². The van der Waals surface area contributed by atoms with Gasteiger partial charge in [0.1, 0.15) is 40.7 Å². The zero-order valence-electron chi connectivity index (χ0n) is 73.1. The third kappa shape index (κ3) is 14.2. The average molecular weight is 1630 g/mol. The molecular weight excluding hydrogens is 1490 g/mol. The smallest absolute Gasteiger partial charge is 0.282 e. The van der Waals surface area contributed by atoms with Crippen molar-refractivity contribution in [2.45, 2.75) is 310 Å². The van der Waals surface area contributed by atoms with Gasteiger partial charge in [0.25, 0.3) is 33.8 Å². The number of allylic oxidation sites excluding steroid dienone is 3. The number of nitrogens with zero attached hydrogens (tertiary/aromatic N) is 13. The Kier molecular flexibility index (Phi) is 25.7. The van der Waals surface area contributed by atoms with Gasteiger partial charge in [-0.05, 0) is 148 Å². The number of aromatic nitrogens is 11. The van der Waals surface area contributed by atoms with Gasteiger partial charge in [0.15, 0.2) is 11.6 Å². The highest BCUT2D eigenvalue weighted by molar-refractivity contribution is 6.03. The van der Waals surface area contributed by atoms with Crippen LogP contribution in [0.15, 0.2) is 58.3 Å². The highest BCUT2D eigenvalue weighted by Gasteiger charge is 2.63. The van der Waals surface area contributed by atoms with Crippen molar-refractivity contribution in [3.05, 3.63) is 201 Å². The summed E-state index contributed by atoms with van der Waals surface area (Å²) in [6.07, 6.45) is 15.4. The Balaban J connectivity index is 0.000000202. The molecule has 0 aliphatic heterocycles. The highest BCUT2D eigenvalue weighted by Crippen LogP contribution is 2.61. The predicted molar refractivity (Wildman–Crippen MR) is 463 cm³/mol. The quantitative estimate of drug-likeness (QED) is 0.0839. The summed E-state index contributed by atoms with van der Waals surface area (Å²) >= 11 is 0. The van der Waals surface area contributed by atoms with E-state index in [2.05, 4.69) is 70.2 Å². The molecule has 11 atom stereocenters. The van der Waals surface area contributed by atoms with Crippen molar-refractivity contribution < 1.29 is 30.2 Å². The van der Waals surface area contributed by atoms with E-state index >= 15 is 0 Å². The fourth-order valence-electron chi connectivity index (χ4n) is 23.6. The van der Waals surface area contributed by atoms with E-state index in [0.717, 1.165) is 143 Å². The zero-order valence-corrected chi connectivity index (χ0v) is 72.1. The number of aliphatic hydroxyl groups excluding tert-OH is 1. The standard InChI is InChI=1S/2C18H23N3O2.C18H21N3O2.C18H24N2O3.C17H24N2O2.5CH4/c1-10-20-14-12(16(22)21(10)5)6-7-13-17(2,3)15-11(9-19-23-15)8-18(13,14)4;2*1-10-20-14-11(16(23)21(10)6)7-8-13-17(2,3)15(22)12(19-5)9-18(13,14)4;1-10-19-14-12(16(23)20(10)5)6-7-13-17(2,3)15(22)11(9-21)8-18(13,14)4;1-10-18-14-11(15(21)19(10)5)6-7-12-16(2,3)13(20)8-9-17(12,14)4;;;;;/h9,13H,6-8H2,1-5H3;12-13H,7-9H2,1-4,6H3;9,13H,7-8H2,1-4,6H3;9,13,21H,6-8H2,1-5H3;12H,6-9H2,1-5H3;5*1H4/b;;;11-9-;;;;;;/t13-,18-;12?,13-,18-;2*13-,18-;12-,17-;;;;;/m00000...../s1/i;;;;;1T;;;;. The van der Waals surface area contributed by atoms with Crippen molar-refractivity contribution in [3.63, 3.8) is 0 Å². The Morgan fingerprint density at radius 2 is 0.788 bits per heavy atom. The molecule has 10 aliphatic rings. The molecule has 3 fully saturated rings. The maximum absolute atomic E-state index is 12.7. The molecule has 642 valence electrons. The number of rotatable bonds is 0. The highest BCUT2D eigenvalue weighted by atomic mass is 16.5. The molecule has 0 saturated heterocycles. The summed E-state index contributed by atoms with van der Waals surface area (Å²) < 4.78 is 19.4. The molecule has 0 aromatic carbocycles. The first kappa shape index (κ1) is 94.0. The number of ketones is 4. The fourth-order valence-corrected chi connectivity index (χ4v) is 23.6. The third-order valence-electron chi connectivity index (χ3n) is 30.3. The lowest BCUT2D eigenvalue weighted by atomic mass is 9.50. The summed E-state index contributed by atoms with van der Waals surface area (Å²) in [7, 11) is 10.1. The molecule has 24 heteroatoms. The number of carbonyl (C=O) groups is 4. The summed E-state index contributed by atoms with van der Waals surface area (Å²) in [5, 5.41) is 13.6. The summed E-state index contributed by atoms with van der Waals surface area (Å²) in [6.45, 7) is 54.9. The summed E-state index contributed by atoms with van der Waals surface area (Å²) in [4.78, 5) is 144. The maximum Gasteiger partial charge on any atom is 0.282 e. The third-order valence-corrected chi connectivity index (χ3v) is 30.3. The topological polar surface area (TPSA) is 298 Å². The van der Waals surface area contributed by atoms with Crippen molar-refractivity contribution in [1.82, 2.24) is 52.9 Å². The second kappa shape index (κ2) is 32.3. The van der Waals surface area contributed by atoms with Crippen molar-refractivity contribution in [2.75, 3.05) is 0 Å². The largest absolute Gasteiger partial charge is 0.515 e. The number of Topliss-reactive ketones (excluding diaryl/α,β-unsaturated/α-hetero) is 4. The normalized spacial score (nSPS) is 28.8. The van der Waals surface area contributed by atoms with Crippen LogP contribution in [0.4, 0.5) is 0 Å². The van der Waals surface area contributed by atoms with Gasteiger partial charge in [-0.1, -0.05) is 152 Å². The number of hydrogen-bond acceptors (Lipinski definition) is 17. The van der Waals surface area contributed by atoms with Gasteiger partial charge in [0.2, 0.25) is 11.5 Å². The van der Waals surface area contributed by atoms with Gasteiger partial charge in [-0.2, -0.15) is 0 Å². The lowest BCUT2D eigenvalue weighted by Crippen LogP contribution is -2.58. The first-order valence-corrected chi connectivity index (χ1v) is 40.1. The second-order valence-electron chi connectivity index (χ2n) is 38.4. The van der Waals surface area contributed by atoms with Crippen LogP contribution in [-0.4, -0.2) is 87.2 Å². The molecule has 16 rings (SSSR count). The van der Waals surface area contributed by atoms with Gasteiger partial charge in [-0.3, -0.25) is 61.2 Å². The monoisotopic (exact) mass is 1620 g/mol. The van der Waals surface area contributed by atoms with Crippen LogP contribution >= 0.6 is 0 Å². The van der Waals surface area contributed by atoms with E-state index in [-0.39, 0.29) is 126 Å². The number of hydrogen-bond donors (Lipinski definition) is 1. The lowest BCUT2D eigenvalue weighted by Gasteiger charge is -2.52. The Bertz CT molecular complexity index is 5570. The molecule has 24 nitrogen and oxygen atoms in total. The van der Waals surface area contributed by atoms with E-state index in [4.69, 9.17) is 44.0 Å². The maximum atomic E-state index is 12.7. The minimum Gasteiger partial charge on any atom is -0.515 e. The van der Waals surface area contributed by atoms with Crippen LogP contribution in [0.2, 0.25) is 0 Å². The van der Waals surface area contributed by atoms with E-state index in [1.807, 2.05) is 96.3 Å². The Morgan fingerprint density at radius 1 is 0.449 bits per heavy atom. The second-order valence-corrected chi connectivity index (χ2v) is 38.4. The molecule has 10 aliphatic carbocycles. The van der Waals surface area contributed by atoms with Gasteiger partial charge in [0, 0.05) is 143 Å². The van der Waals surface area contributed by atoms with Crippen LogP contribution < -0.4 is 27.8 Å². The van der Waals surface area contributed by atoms with Crippen LogP contribution in [-0.2, 0) is 125 Å². The SMILES string of the molecule is C.C.C.C.Cc1nc2c(c(=O)n1C)CC[C@H]1C(C)(C)C(=O)/C(=C\O)C[C@]21C.Cc1nc2c(c(=O)n1C)CC[C@H]1C(C)(C)C(=O)CC[C@]21C.Cc1nc2c(c(=O)n1C)CC[C@H]1C(C)(C)c3oncc3C[C@]21C.[3H]C.[C-]#[N+]C1=C[C@]2(C)c3nc(C)n(C)c(=O)c3CC[C@H]2C(C)(C)C1=O.[C-]#[N+]C1C[C@]2(C)c3nc(C)n(C)c(=O)c3CC[C@H]2C(C)(C)C1=O. The Hall–Kier alpha value is -9.45. The van der Waals surface area contributed by atoms with E-state index in [9.17, 15) is 48.3 Å². The van der Waals surface area contributed by atoms with E-state index in [0.29, 0.717) is 73.3 Å². The molecule has 0 bridgehead atoms. The van der Waals surface area contributed by atoms with Crippen molar-refractivity contribution >= 4 is 23.1 Å². The van der Waals surface area contributed by atoms with Crippen LogP contribution in [0, 0.1) is 99.0 Å². The molecule has 118 heavy (non-hydrogen) atoms. The Morgan fingerprint density at radius 3 is 1.19 bits per heavy atom. The minimum atomic E-state index is -0.636. The van der Waals surface area contributed by atoms with Crippen LogP contribution in [0.25, 0.3) is 9.69 Å². The molecule has 1 N–H and O–H groups in total. The summed E-state index contributed by atoms with van der Waals surface area (Å²) in [5.41, 5.74) is 6.50. The number of aryl methyl sites for hydroxylation is 5. The van der Waals surface area contributed by atoms with Gasteiger partial charge in [0.05, 0.1) is 47.5 Å². The van der Waals surface area contributed by atoms with Gasteiger partial charge in [-0.15, -0.1) is 0 Å².